The van der Waals surface area contributed by atoms with E-state index in [-0.39, 0.29) is 11.8 Å². The zero-order chi connectivity index (χ0) is 21.8. The van der Waals surface area contributed by atoms with Crippen LogP contribution in [0.5, 0.6) is 11.5 Å². The molecule has 1 heterocycles. The van der Waals surface area contributed by atoms with E-state index < -0.39 is 6.04 Å². The van der Waals surface area contributed by atoms with Crippen molar-refractivity contribution in [3.05, 3.63) is 89.5 Å². The van der Waals surface area contributed by atoms with Crippen LogP contribution in [-0.4, -0.2) is 37.0 Å². The Bertz CT molecular complexity index is 1080. The van der Waals surface area contributed by atoms with Gasteiger partial charge in [0.15, 0.2) is 0 Å². The first-order valence-electron chi connectivity index (χ1n) is 10.1. The van der Waals surface area contributed by atoms with Crippen LogP contribution in [0.3, 0.4) is 0 Å². The lowest BCUT2D eigenvalue weighted by Crippen LogP contribution is -2.45. The Balaban J connectivity index is 1.63. The number of nitrogens with zero attached hydrogens (tertiary/aromatic N) is 1. The summed E-state index contributed by atoms with van der Waals surface area (Å²) in [6, 6.07) is 21.7. The lowest BCUT2D eigenvalue weighted by atomic mass is 10.0. The predicted octanol–water partition coefficient (Wildman–Crippen LogP) is 3.91. The van der Waals surface area contributed by atoms with E-state index in [1.54, 1.807) is 37.3 Å². The maximum atomic E-state index is 13.4. The molecular formula is C25H24N2O4. The van der Waals surface area contributed by atoms with Crippen molar-refractivity contribution in [1.29, 1.82) is 0 Å². The zero-order valence-corrected chi connectivity index (χ0v) is 17.5. The van der Waals surface area contributed by atoms with Crippen molar-refractivity contribution in [2.24, 2.45) is 0 Å². The maximum absolute atomic E-state index is 13.4. The summed E-state index contributed by atoms with van der Waals surface area (Å²) in [5, 5.41) is 2.94. The fourth-order valence-corrected chi connectivity index (χ4v) is 3.82. The summed E-state index contributed by atoms with van der Waals surface area (Å²) in [6.07, 6.45) is 0.410. The fourth-order valence-electron chi connectivity index (χ4n) is 3.82. The van der Waals surface area contributed by atoms with Gasteiger partial charge in [0.05, 0.1) is 14.2 Å². The molecule has 0 spiro atoms. The minimum atomic E-state index is -0.667. The van der Waals surface area contributed by atoms with E-state index in [4.69, 9.17) is 9.47 Å². The van der Waals surface area contributed by atoms with Crippen LogP contribution in [0.1, 0.15) is 21.5 Å². The van der Waals surface area contributed by atoms with Gasteiger partial charge in [-0.25, -0.2) is 0 Å². The minimum Gasteiger partial charge on any atom is -0.497 e. The number of rotatable bonds is 7. The van der Waals surface area contributed by atoms with Gasteiger partial charge in [0.1, 0.15) is 17.5 Å². The Morgan fingerprint density at radius 1 is 0.968 bits per heavy atom. The van der Waals surface area contributed by atoms with E-state index in [0.29, 0.717) is 35.7 Å². The molecule has 1 aliphatic rings. The van der Waals surface area contributed by atoms with Crippen molar-refractivity contribution in [2.45, 2.75) is 19.0 Å². The van der Waals surface area contributed by atoms with Gasteiger partial charge in [-0.15, -0.1) is 0 Å². The summed E-state index contributed by atoms with van der Waals surface area (Å²) in [6.45, 7) is 0.404. The van der Waals surface area contributed by atoms with Crippen molar-refractivity contribution in [3.8, 4) is 11.5 Å². The summed E-state index contributed by atoms with van der Waals surface area (Å²) < 4.78 is 10.6. The monoisotopic (exact) mass is 416 g/mol. The first kappa shape index (κ1) is 20.5. The van der Waals surface area contributed by atoms with Crippen LogP contribution in [0, 0.1) is 0 Å². The standard InChI is InChI=1S/C25H24N2O4/c1-30-20-13-19(14-21(15-20)31-2)26-24(28)23(12-17-8-4-3-5-9-17)27-16-18-10-6-7-11-22(18)25(27)29/h3-11,13-15,23H,12,16H2,1-2H3,(H,26,28)/t23-/m1/s1. The smallest absolute Gasteiger partial charge is 0.255 e. The molecule has 6 heteroatoms. The number of carbonyl (C=O) groups excluding carboxylic acids is 2. The largest absolute Gasteiger partial charge is 0.497 e. The van der Waals surface area contributed by atoms with Gasteiger partial charge in [0, 0.05) is 42.4 Å². The molecule has 0 aliphatic carbocycles. The number of carbonyl (C=O) groups is 2. The molecule has 31 heavy (non-hydrogen) atoms. The van der Waals surface area contributed by atoms with Gasteiger partial charge in [0.2, 0.25) is 5.91 Å². The molecule has 0 unspecified atom stereocenters. The lowest BCUT2D eigenvalue weighted by molar-refractivity contribution is -0.120. The van der Waals surface area contributed by atoms with Crippen LogP contribution < -0.4 is 14.8 Å². The molecule has 0 fully saturated rings. The average Bonchev–Trinajstić information content (AvgIpc) is 3.14. The van der Waals surface area contributed by atoms with E-state index in [2.05, 4.69) is 5.32 Å². The third-order valence-corrected chi connectivity index (χ3v) is 5.42. The molecule has 158 valence electrons. The summed E-state index contributed by atoms with van der Waals surface area (Å²) >= 11 is 0. The Labute approximate surface area is 181 Å². The van der Waals surface area contributed by atoms with Gasteiger partial charge in [-0.05, 0) is 17.2 Å². The Morgan fingerprint density at radius 3 is 2.26 bits per heavy atom. The van der Waals surface area contributed by atoms with Gasteiger partial charge >= 0.3 is 0 Å². The van der Waals surface area contributed by atoms with Crippen LogP contribution in [0.4, 0.5) is 5.69 Å². The van der Waals surface area contributed by atoms with Crippen molar-refractivity contribution >= 4 is 17.5 Å². The number of hydrogen-bond acceptors (Lipinski definition) is 4. The van der Waals surface area contributed by atoms with E-state index in [1.165, 1.54) is 0 Å². The first-order chi connectivity index (χ1) is 15.1. The summed E-state index contributed by atoms with van der Waals surface area (Å²) in [5.74, 6) is 0.744. The molecule has 6 nitrogen and oxygen atoms in total. The number of anilines is 1. The lowest BCUT2D eigenvalue weighted by Gasteiger charge is -2.27. The molecule has 1 atom stereocenters. The highest BCUT2D eigenvalue weighted by molar-refractivity contribution is 6.03. The third-order valence-electron chi connectivity index (χ3n) is 5.42. The molecule has 1 aliphatic heterocycles. The second kappa shape index (κ2) is 8.92. The maximum Gasteiger partial charge on any atom is 0.255 e. The molecular weight excluding hydrogens is 392 g/mol. The second-order valence-corrected chi connectivity index (χ2v) is 7.39. The van der Waals surface area contributed by atoms with Gasteiger partial charge in [-0.2, -0.15) is 0 Å². The molecule has 0 radical (unpaired) electrons. The fraction of sp³-hybridized carbons (Fsp3) is 0.200. The minimum absolute atomic E-state index is 0.130. The van der Waals surface area contributed by atoms with Crippen molar-refractivity contribution < 1.29 is 19.1 Å². The zero-order valence-electron chi connectivity index (χ0n) is 17.5. The molecule has 0 saturated heterocycles. The molecule has 1 N–H and O–H groups in total. The van der Waals surface area contributed by atoms with Gasteiger partial charge in [-0.1, -0.05) is 48.5 Å². The third kappa shape index (κ3) is 4.38. The van der Waals surface area contributed by atoms with E-state index >= 15 is 0 Å². The van der Waals surface area contributed by atoms with Gasteiger partial charge in [-0.3, -0.25) is 9.59 Å². The highest BCUT2D eigenvalue weighted by atomic mass is 16.5. The van der Waals surface area contributed by atoms with Crippen molar-refractivity contribution in [1.82, 2.24) is 4.90 Å². The number of nitrogens with one attached hydrogen (secondary N) is 1. The number of amides is 2. The number of benzene rings is 3. The highest BCUT2D eigenvalue weighted by Gasteiger charge is 2.36. The molecule has 3 aromatic carbocycles. The Morgan fingerprint density at radius 2 is 1.61 bits per heavy atom. The van der Waals surface area contributed by atoms with Crippen LogP contribution in [0.2, 0.25) is 0 Å². The molecule has 2 amide bonds. The van der Waals surface area contributed by atoms with Crippen LogP contribution in [0.15, 0.2) is 72.8 Å². The quantitative estimate of drug-likeness (QED) is 0.634. The second-order valence-electron chi connectivity index (χ2n) is 7.39. The van der Waals surface area contributed by atoms with Crippen molar-refractivity contribution in [3.63, 3.8) is 0 Å². The van der Waals surface area contributed by atoms with Crippen LogP contribution in [-0.2, 0) is 17.8 Å². The van der Waals surface area contributed by atoms with E-state index in [9.17, 15) is 9.59 Å². The predicted molar refractivity (Wildman–Crippen MR) is 118 cm³/mol. The number of hydrogen-bond donors (Lipinski definition) is 1. The van der Waals surface area contributed by atoms with Gasteiger partial charge in [0.25, 0.3) is 5.91 Å². The van der Waals surface area contributed by atoms with E-state index in [0.717, 1.165) is 11.1 Å². The average molecular weight is 416 g/mol. The van der Waals surface area contributed by atoms with Crippen molar-refractivity contribution in [2.75, 3.05) is 19.5 Å². The summed E-state index contributed by atoms with van der Waals surface area (Å²) in [5.41, 5.74) is 3.11. The van der Waals surface area contributed by atoms with E-state index in [1.807, 2.05) is 54.6 Å². The van der Waals surface area contributed by atoms with Crippen LogP contribution in [0.25, 0.3) is 0 Å². The normalized spacial score (nSPS) is 13.5. The number of methoxy groups -OCH3 is 2. The number of ether oxygens (including phenoxy) is 2. The molecule has 4 rings (SSSR count). The topological polar surface area (TPSA) is 67.9 Å². The molecule has 0 aromatic heterocycles. The van der Waals surface area contributed by atoms with Crippen LogP contribution >= 0.6 is 0 Å². The summed E-state index contributed by atoms with van der Waals surface area (Å²) in [7, 11) is 3.11. The number of fused-ring (bicyclic) bond motifs is 1. The van der Waals surface area contributed by atoms with Gasteiger partial charge < -0.3 is 19.7 Å². The Kier molecular flexibility index (Phi) is 5.89. The Hall–Kier alpha value is -3.80. The first-order valence-corrected chi connectivity index (χ1v) is 10.1. The molecule has 0 saturated carbocycles. The summed E-state index contributed by atoms with van der Waals surface area (Å²) in [4.78, 5) is 28.1. The molecule has 3 aromatic rings. The highest BCUT2D eigenvalue weighted by Crippen LogP contribution is 2.29. The molecule has 0 bridgehead atoms. The SMILES string of the molecule is COc1cc(NC(=O)[C@@H](Cc2ccccc2)N2Cc3ccccc3C2=O)cc(OC)c1.